The number of carbonyl (C=O) groups excluding carboxylic acids is 2. The van der Waals surface area contributed by atoms with Crippen LogP contribution >= 0.6 is 23.2 Å². The fraction of sp³-hybridized carbons (Fsp3) is 0.500. The predicted molar refractivity (Wildman–Crippen MR) is 156 cm³/mol. The number of carbonyl (C=O) groups is 2. The maximum absolute atomic E-state index is 13.9. The van der Waals surface area contributed by atoms with Gasteiger partial charge < -0.3 is 24.6 Å². The Morgan fingerprint density at radius 3 is 2.48 bits per heavy atom. The van der Waals surface area contributed by atoms with Crippen LogP contribution < -0.4 is 10.1 Å². The van der Waals surface area contributed by atoms with Crippen LogP contribution in [-0.2, 0) is 19.1 Å². The van der Waals surface area contributed by atoms with E-state index in [2.05, 4.69) is 5.32 Å². The van der Waals surface area contributed by atoms with Gasteiger partial charge in [0.25, 0.3) is 5.91 Å². The van der Waals surface area contributed by atoms with E-state index in [1.807, 2.05) is 6.92 Å². The van der Waals surface area contributed by atoms with Crippen molar-refractivity contribution >= 4 is 41.0 Å². The highest BCUT2D eigenvalue weighted by Crippen LogP contribution is 2.45. The second kappa shape index (κ2) is 14.2. The monoisotopic (exact) mass is 592 g/mol. The Morgan fingerprint density at radius 2 is 1.85 bits per heavy atom. The van der Waals surface area contributed by atoms with Gasteiger partial charge in [0, 0.05) is 47.2 Å². The molecule has 0 bridgehead atoms. The van der Waals surface area contributed by atoms with Gasteiger partial charge in [-0.15, -0.1) is 0 Å². The van der Waals surface area contributed by atoms with E-state index in [4.69, 9.17) is 47.5 Å². The van der Waals surface area contributed by atoms with Crippen molar-refractivity contribution in [1.29, 1.82) is 0 Å². The quantitative estimate of drug-likeness (QED) is 0.216. The van der Waals surface area contributed by atoms with Crippen molar-refractivity contribution in [3.63, 3.8) is 0 Å². The average Bonchev–Trinajstić information content (AvgIpc) is 3.28. The smallest absolute Gasteiger partial charge is 0.306 e. The van der Waals surface area contributed by atoms with Crippen molar-refractivity contribution in [2.45, 2.75) is 77.0 Å². The lowest BCUT2D eigenvalue weighted by Crippen LogP contribution is -2.49. The fourth-order valence-corrected chi connectivity index (χ4v) is 4.79. The fourth-order valence-electron chi connectivity index (χ4n) is 4.28. The molecule has 0 spiro atoms. The molecule has 0 fully saturated rings. The number of nitrogens with one attached hydrogen (secondary N) is 1. The van der Waals surface area contributed by atoms with E-state index in [0.29, 0.717) is 46.5 Å². The van der Waals surface area contributed by atoms with E-state index in [9.17, 15) is 9.59 Å². The zero-order valence-corrected chi connectivity index (χ0v) is 25.0. The molecule has 0 aromatic heterocycles. The summed E-state index contributed by atoms with van der Waals surface area (Å²) in [4.78, 5) is 31.6. The molecule has 0 saturated heterocycles. The van der Waals surface area contributed by atoms with E-state index >= 15 is 0 Å². The molecule has 8 nitrogen and oxygen atoms in total. The number of unbranched alkanes of at least 4 members (excludes halogenated alkanes) is 1. The molecule has 10 heteroatoms. The van der Waals surface area contributed by atoms with Gasteiger partial charge in [0.05, 0.1) is 6.61 Å². The second-order valence-corrected chi connectivity index (χ2v) is 11.5. The molecule has 3 rings (SSSR count). The number of rotatable bonds is 13. The molecule has 0 unspecified atom stereocenters. The SMILES string of the molecule is CCCCNC(=O)[C@]1(CCC(=O)OC(C)(C)C)N=C(c2ccc(OCCCO)cc2)O[C@@H]1c1ccc(Cl)cc1Cl. The van der Waals surface area contributed by atoms with E-state index in [0.717, 1.165) is 12.8 Å². The first-order valence-electron chi connectivity index (χ1n) is 13.5. The summed E-state index contributed by atoms with van der Waals surface area (Å²) in [6.45, 7) is 8.29. The molecule has 218 valence electrons. The molecule has 1 amide bonds. The summed E-state index contributed by atoms with van der Waals surface area (Å²) >= 11 is 12.8. The molecule has 1 aliphatic rings. The first-order valence-corrected chi connectivity index (χ1v) is 14.3. The van der Waals surface area contributed by atoms with Gasteiger partial charge >= 0.3 is 5.97 Å². The molecule has 2 aromatic carbocycles. The summed E-state index contributed by atoms with van der Waals surface area (Å²) in [6.07, 6.45) is 1.27. The molecule has 2 aromatic rings. The highest BCUT2D eigenvalue weighted by atomic mass is 35.5. The zero-order chi connectivity index (χ0) is 29.3. The van der Waals surface area contributed by atoms with Crippen molar-refractivity contribution in [2.24, 2.45) is 4.99 Å². The van der Waals surface area contributed by atoms with Gasteiger partial charge in [0.1, 0.15) is 11.4 Å². The molecular formula is C30H38Cl2N2O6. The van der Waals surface area contributed by atoms with Crippen molar-refractivity contribution in [3.05, 3.63) is 63.6 Å². The minimum absolute atomic E-state index is 0.0371. The molecule has 1 heterocycles. The normalized spacial score (nSPS) is 18.6. The van der Waals surface area contributed by atoms with Gasteiger partial charge in [-0.05, 0) is 70.0 Å². The Bertz CT molecular complexity index is 1200. The Kier molecular flexibility index (Phi) is 11.3. The van der Waals surface area contributed by atoms with Crippen LogP contribution in [0.1, 0.15) is 77.0 Å². The summed E-state index contributed by atoms with van der Waals surface area (Å²) in [5.41, 5.74) is -1.00. The standard InChI is InChI=1S/C30H38Cl2N2O6/c1-5-6-16-33-28(37)30(15-14-25(36)40-29(2,3)4)26(23-13-10-21(31)19-24(23)32)39-27(34-30)20-8-11-22(12-9-20)38-18-7-17-35/h8-13,19,26,35H,5-7,14-18H2,1-4H3,(H,33,37)/t26-,30-/m1/s1. The highest BCUT2D eigenvalue weighted by molar-refractivity contribution is 6.35. The lowest BCUT2D eigenvalue weighted by Gasteiger charge is -2.31. The third-order valence-electron chi connectivity index (χ3n) is 6.22. The van der Waals surface area contributed by atoms with Crippen LogP contribution in [0.2, 0.25) is 10.0 Å². The first-order chi connectivity index (χ1) is 19.0. The zero-order valence-electron chi connectivity index (χ0n) is 23.5. The van der Waals surface area contributed by atoms with Crippen LogP contribution in [0.25, 0.3) is 0 Å². The van der Waals surface area contributed by atoms with Crippen molar-refractivity contribution in [3.8, 4) is 5.75 Å². The van der Waals surface area contributed by atoms with E-state index < -0.39 is 23.2 Å². The third-order valence-corrected chi connectivity index (χ3v) is 6.78. The van der Waals surface area contributed by atoms with Crippen molar-refractivity contribution in [2.75, 3.05) is 19.8 Å². The molecule has 2 atom stereocenters. The lowest BCUT2D eigenvalue weighted by atomic mass is 9.83. The lowest BCUT2D eigenvalue weighted by molar-refractivity contribution is -0.155. The minimum atomic E-state index is -1.49. The maximum atomic E-state index is 13.9. The van der Waals surface area contributed by atoms with Crippen LogP contribution in [0.15, 0.2) is 47.5 Å². The van der Waals surface area contributed by atoms with Crippen LogP contribution in [0.3, 0.4) is 0 Å². The number of benzene rings is 2. The van der Waals surface area contributed by atoms with E-state index in [-0.39, 0.29) is 31.3 Å². The number of esters is 1. The van der Waals surface area contributed by atoms with Crippen LogP contribution in [0, 0.1) is 0 Å². The molecular weight excluding hydrogens is 555 g/mol. The maximum Gasteiger partial charge on any atom is 0.306 e. The van der Waals surface area contributed by atoms with Crippen LogP contribution in [0.4, 0.5) is 0 Å². The molecule has 40 heavy (non-hydrogen) atoms. The molecule has 2 N–H and O–H groups in total. The van der Waals surface area contributed by atoms with Gasteiger partial charge in [0.2, 0.25) is 5.90 Å². The second-order valence-electron chi connectivity index (χ2n) is 10.7. The van der Waals surface area contributed by atoms with Gasteiger partial charge in [-0.2, -0.15) is 0 Å². The highest BCUT2D eigenvalue weighted by Gasteiger charge is 2.53. The Balaban J connectivity index is 2.04. The third kappa shape index (κ3) is 8.35. The number of halogens is 2. The molecule has 1 aliphatic heterocycles. The number of aliphatic hydroxyl groups is 1. The molecule has 0 radical (unpaired) electrons. The van der Waals surface area contributed by atoms with Gasteiger partial charge in [-0.3, -0.25) is 9.59 Å². The number of hydrogen-bond acceptors (Lipinski definition) is 7. The number of amides is 1. The number of ether oxygens (including phenoxy) is 3. The first kappa shape index (κ1) is 31.7. The Labute approximate surface area is 246 Å². The number of aliphatic hydroxyl groups excluding tert-OH is 1. The summed E-state index contributed by atoms with van der Waals surface area (Å²) in [5, 5.41) is 12.7. The Hall–Kier alpha value is -2.81. The number of aliphatic imine (C=N–C) groups is 1. The number of hydrogen-bond donors (Lipinski definition) is 2. The summed E-state index contributed by atoms with van der Waals surface area (Å²) in [6, 6.07) is 12.1. The summed E-state index contributed by atoms with van der Waals surface area (Å²) in [5.74, 6) is 0.0658. The minimum Gasteiger partial charge on any atom is -0.494 e. The largest absolute Gasteiger partial charge is 0.494 e. The molecule has 0 saturated carbocycles. The van der Waals surface area contributed by atoms with Gasteiger partial charge in [0.15, 0.2) is 11.6 Å². The van der Waals surface area contributed by atoms with Crippen molar-refractivity contribution < 1.29 is 28.9 Å². The predicted octanol–water partition coefficient (Wildman–Crippen LogP) is 6.05. The summed E-state index contributed by atoms with van der Waals surface area (Å²) < 4.78 is 17.6. The van der Waals surface area contributed by atoms with Gasteiger partial charge in [-0.25, -0.2) is 4.99 Å². The Morgan fingerprint density at radius 1 is 1.12 bits per heavy atom. The van der Waals surface area contributed by atoms with Crippen LogP contribution in [0.5, 0.6) is 5.75 Å². The molecule has 0 aliphatic carbocycles. The van der Waals surface area contributed by atoms with E-state index in [1.54, 1.807) is 63.2 Å². The van der Waals surface area contributed by atoms with Crippen LogP contribution in [-0.4, -0.2) is 53.8 Å². The summed E-state index contributed by atoms with van der Waals surface area (Å²) in [7, 11) is 0. The topological polar surface area (TPSA) is 106 Å². The van der Waals surface area contributed by atoms with Crippen molar-refractivity contribution in [1.82, 2.24) is 5.32 Å². The number of nitrogens with zero attached hydrogens (tertiary/aromatic N) is 1. The average molecular weight is 594 g/mol. The van der Waals surface area contributed by atoms with Gasteiger partial charge in [-0.1, -0.05) is 42.6 Å². The van der Waals surface area contributed by atoms with E-state index in [1.165, 1.54) is 0 Å².